The van der Waals surface area contributed by atoms with Crippen LogP contribution in [0.3, 0.4) is 0 Å². The first-order valence-corrected chi connectivity index (χ1v) is 11.7. The Morgan fingerprint density at radius 1 is 1.09 bits per heavy atom. The van der Waals surface area contributed by atoms with Crippen LogP contribution in [0, 0.1) is 0 Å². The first-order chi connectivity index (χ1) is 15.3. The monoisotopic (exact) mass is 450 g/mol. The molecule has 10 nitrogen and oxygen atoms in total. The number of aromatic amines is 1. The van der Waals surface area contributed by atoms with E-state index in [1.165, 1.54) is 29.8 Å². The molecule has 3 aromatic heterocycles. The third-order valence-corrected chi connectivity index (χ3v) is 5.80. The number of H-pyrrole nitrogens is 1. The summed E-state index contributed by atoms with van der Waals surface area (Å²) in [4.78, 5) is 45.9. The first kappa shape index (κ1) is 21.4. The van der Waals surface area contributed by atoms with E-state index in [9.17, 15) is 19.0 Å². The number of aromatic nitrogens is 5. The highest BCUT2D eigenvalue weighted by Crippen LogP contribution is 2.33. The number of rotatable bonds is 6. The van der Waals surface area contributed by atoms with Crippen molar-refractivity contribution in [3.63, 3.8) is 0 Å². The Balaban J connectivity index is 1.65. The highest BCUT2D eigenvalue weighted by atomic mass is 31.2. The van der Waals surface area contributed by atoms with Crippen LogP contribution in [0.4, 0.5) is 0 Å². The highest BCUT2D eigenvalue weighted by Gasteiger charge is 2.22. The molecule has 3 heterocycles. The molecule has 1 aromatic carbocycles. The van der Waals surface area contributed by atoms with Crippen molar-refractivity contribution in [1.29, 1.82) is 0 Å². The van der Waals surface area contributed by atoms with E-state index in [-0.39, 0.29) is 16.9 Å². The largest absolute Gasteiger partial charge is 0.341 e. The Morgan fingerprint density at radius 3 is 2.47 bits per heavy atom. The van der Waals surface area contributed by atoms with Crippen molar-refractivity contribution in [2.24, 2.45) is 0 Å². The van der Waals surface area contributed by atoms with Crippen LogP contribution in [0.2, 0.25) is 0 Å². The number of nitrogens with one attached hydrogen (secondary N) is 2. The summed E-state index contributed by atoms with van der Waals surface area (Å²) in [5, 5.41) is 6.82. The number of carbonyl (C=O) groups excluding carboxylic acids is 1. The van der Waals surface area contributed by atoms with E-state index >= 15 is 0 Å². The van der Waals surface area contributed by atoms with Gasteiger partial charge < -0.3 is 10.2 Å². The van der Waals surface area contributed by atoms with Crippen molar-refractivity contribution < 1.29 is 14.3 Å². The first-order valence-electron chi connectivity index (χ1n) is 9.55. The van der Waals surface area contributed by atoms with Crippen molar-refractivity contribution in [3.05, 3.63) is 100 Å². The molecule has 0 aliphatic heterocycles. The number of hydrogen-bond donors (Lipinski definition) is 3. The van der Waals surface area contributed by atoms with Gasteiger partial charge in [0.25, 0.3) is 11.5 Å². The van der Waals surface area contributed by atoms with Gasteiger partial charge in [-0.1, -0.05) is 36.4 Å². The van der Waals surface area contributed by atoms with Gasteiger partial charge in [-0.15, -0.1) is 0 Å². The summed E-state index contributed by atoms with van der Waals surface area (Å²) in [6.07, 6.45) is 5.77. The van der Waals surface area contributed by atoms with E-state index in [1.807, 2.05) is 30.3 Å². The fraction of sp³-hybridized carbons (Fsp3) is 0.0952. The second-order valence-electron chi connectivity index (χ2n) is 7.05. The molecule has 0 saturated heterocycles. The molecule has 2 unspecified atom stereocenters. The lowest BCUT2D eigenvalue weighted by Gasteiger charge is -2.20. The lowest BCUT2D eigenvalue weighted by Crippen LogP contribution is -2.34. The topological polar surface area (TPSA) is 143 Å². The van der Waals surface area contributed by atoms with E-state index < -0.39 is 24.9 Å². The molecule has 0 aliphatic carbocycles. The van der Waals surface area contributed by atoms with E-state index in [0.29, 0.717) is 5.56 Å². The van der Waals surface area contributed by atoms with Gasteiger partial charge in [-0.3, -0.25) is 24.1 Å². The van der Waals surface area contributed by atoms with Gasteiger partial charge in [0.15, 0.2) is 0 Å². The van der Waals surface area contributed by atoms with Crippen LogP contribution in [-0.2, 0) is 4.57 Å². The molecule has 0 radical (unpaired) electrons. The minimum Gasteiger partial charge on any atom is -0.341 e. The maximum atomic E-state index is 12.9. The molecule has 0 saturated carbocycles. The number of nitrogens with zero attached hydrogens (tertiary/aromatic N) is 4. The summed E-state index contributed by atoms with van der Waals surface area (Å²) in [6.45, 7) is 1.21. The second kappa shape index (κ2) is 8.70. The number of amides is 1. The van der Waals surface area contributed by atoms with Gasteiger partial charge in [0.2, 0.25) is 13.3 Å². The van der Waals surface area contributed by atoms with Crippen LogP contribution >= 0.6 is 7.37 Å². The number of carbonyl (C=O) groups is 1. The fourth-order valence-electron chi connectivity index (χ4n) is 3.08. The third kappa shape index (κ3) is 4.56. The Labute approximate surface area is 182 Å². The van der Waals surface area contributed by atoms with Gasteiger partial charge in [0.1, 0.15) is 11.0 Å². The molecule has 1 amide bonds. The molecule has 11 heteroatoms. The van der Waals surface area contributed by atoms with Crippen LogP contribution in [0.15, 0.2) is 78.1 Å². The summed E-state index contributed by atoms with van der Waals surface area (Å²) >= 11 is 0. The number of hydrogen-bond acceptors (Lipinski definition) is 6. The van der Waals surface area contributed by atoms with Gasteiger partial charge >= 0.3 is 0 Å². The zero-order valence-electron chi connectivity index (χ0n) is 16.9. The molecule has 4 aromatic rings. The van der Waals surface area contributed by atoms with Crippen molar-refractivity contribution >= 4 is 18.7 Å². The standard InChI is InChI=1S/C21H19N6O4P/c1-32(30,31)17-9-8-15(12-22-17)18(14-6-3-2-4-7-14)25-19(28)16-13-23-21(26-20(16)29)27-11-5-10-24-27/h2-13,18H,1H3,(H,25,28)(H,30,31)(H,23,26,29). The van der Waals surface area contributed by atoms with E-state index in [2.05, 4.69) is 25.4 Å². The van der Waals surface area contributed by atoms with Crippen molar-refractivity contribution in [3.8, 4) is 5.95 Å². The molecule has 162 valence electrons. The van der Waals surface area contributed by atoms with Gasteiger partial charge in [0, 0.05) is 31.5 Å². The zero-order chi connectivity index (χ0) is 22.7. The van der Waals surface area contributed by atoms with E-state index in [1.54, 1.807) is 24.5 Å². The number of benzene rings is 1. The van der Waals surface area contributed by atoms with E-state index in [0.717, 1.165) is 5.56 Å². The molecule has 0 bridgehead atoms. The average molecular weight is 450 g/mol. The summed E-state index contributed by atoms with van der Waals surface area (Å²) in [5.41, 5.74) is 0.612. The Morgan fingerprint density at radius 2 is 1.88 bits per heavy atom. The predicted octanol–water partition coefficient (Wildman–Crippen LogP) is 1.40. The molecule has 4 rings (SSSR count). The molecule has 0 fully saturated rings. The minimum absolute atomic E-state index is 0.0641. The summed E-state index contributed by atoms with van der Waals surface area (Å²) in [7, 11) is -3.51. The summed E-state index contributed by atoms with van der Waals surface area (Å²) in [5.74, 6) is -0.448. The van der Waals surface area contributed by atoms with Gasteiger partial charge in [-0.25, -0.2) is 9.67 Å². The zero-order valence-corrected chi connectivity index (χ0v) is 17.8. The quantitative estimate of drug-likeness (QED) is 0.377. The highest BCUT2D eigenvalue weighted by molar-refractivity contribution is 7.65. The van der Waals surface area contributed by atoms with Gasteiger partial charge in [0.05, 0.1) is 6.04 Å². The molecular formula is C21H19N6O4P. The molecule has 3 N–H and O–H groups in total. The van der Waals surface area contributed by atoms with Gasteiger partial charge in [-0.2, -0.15) is 5.10 Å². The lowest BCUT2D eigenvalue weighted by atomic mass is 10.00. The van der Waals surface area contributed by atoms with Crippen molar-refractivity contribution in [2.45, 2.75) is 6.04 Å². The summed E-state index contributed by atoms with van der Waals surface area (Å²) in [6, 6.07) is 13.2. The second-order valence-corrected chi connectivity index (χ2v) is 9.26. The Kier molecular flexibility index (Phi) is 5.81. The Bertz CT molecular complexity index is 1330. The smallest absolute Gasteiger partial charge is 0.265 e. The van der Waals surface area contributed by atoms with Crippen LogP contribution in [0.5, 0.6) is 0 Å². The molecular weight excluding hydrogens is 431 g/mol. The lowest BCUT2D eigenvalue weighted by molar-refractivity contribution is 0.0941. The molecule has 0 spiro atoms. The predicted molar refractivity (Wildman–Crippen MR) is 117 cm³/mol. The third-order valence-electron chi connectivity index (χ3n) is 4.69. The SMILES string of the molecule is CP(=O)(O)c1ccc(C(NC(=O)c2cnc(-n3cccn3)[nH]c2=O)c2ccccc2)cn1. The van der Waals surface area contributed by atoms with Crippen LogP contribution in [0.25, 0.3) is 5.95 Å². The van der Waals surface area contributed by atoms with Gasteiger partial charge in [-0.05, 0) is 23.3 Å². The normalized spacial score (nSPS) is 13.8. The maximum absolute atomic E-state index is 12.9. The maximum Gasteiger partial charge on any atom is 0.265 e. The van der Waals surface area contributed by atoms with Crippen LogP contribution in [-0.4, -0.2) is 42.2 Å². The Hall–Kier alpha value is -3.88. The minimum atomic E-state index is -3.51. The van der Waals surface area contributed by atoms with Crippen LogP contribution < -0.4 is 16.3 Å². The van der Waals surface area contributed by atoms with Crippen molar-refractivity contribution in [1.82, 2.24) is 30.0 Å². The fourth-order valence-corrected chi connectivity index (χ4v) is 3.71. The molecule has 0 aliphatic rings. The molecule has 2 atom stereocenters. The summed E-state index contributed by atoms with van der Waals surface area (Å²) < 4.78 is 13.2. The van der Waals surface area contributed by atoms with Crippen LogP contribution in [0.1, 0.15) is 27.5 Å². The number of pyridine rings is 1. The molecule has 32 heavy (non-hydrogen) atoms. The average Bonchev–Trinajstić information content (AvgIpc) is 3.32. The van der Waals surface area contributed by atoms with Crippen molar-refractivity contribution in [2.75, 3.05) is 6.66 Å². The van der Waals surface area contributed by atoms with E-state index in [4.69, 9.17) is 0 Å².